The third-order valence-corrected chi connectivity index (χ3v) is 8.04. The minimum absolute atomic E-state index is 0. The van der Waals surface area contributed by atoms with Crippen molar-refractivity contribution in [2.75, 3.05) is 0 Å². The topological polar surface area (TPSA) is 172 Å². The molecule has 2 aliphatic heterocycles. The number of rotatable bonds is 3. The summed E-state index contributed by atoms with van der Waals surface area (Å²) in [6, 6.07) is 6.70. The van der Waals surface area contributed by atoms with Gasteiger partial charge in [0, 0.05) is 46.1 Å². The normalized spacial score (nSPS) is 20.9. The minimum Gasteiger partial charge on any atom is -0.657 e. The first kappa shape index (κ1) is 29.0. The van der Waals surface area contributed by atoms with Gasteiger partial charge in [0.05, 0.1) is 5.92 Å². The van der Waals surface area contributed by atoms with Crippen LogP contribution < -0.4 is 9.97 Å². The van der Waals surface area contributed by atoms with Crippen LogP contribution in [-0.2, 0) is 19.5 Å². The molecule has 0 saturated heterocycles. The molecule has 3 aromatic heterocycles. The molecule has 5 rings (SSSR count). The zero-order valence-corrected chi connectivity index (χ0v) is 23.8. The fraction of sp³-hybridized carbons (Fsp3) is 0.393. The molecule has 0 saturated carbocycles. The SMILES string of the molecule is Cc1c(C(=O)O)c2cc3nc(cc4[n-]c(cc5nc(cc1[n-]2)C(C)C5C(O)O)c(C(O)O)c4C)C(C)C3C.[Ru+2]. The van der Waals surface area contributed by atoms with Crippen LogP contribution >= 0.6 is 0 Å². The summed E-state index contributed by atoms with van der Waals surface area (Å²) in [5.74, 6) is -2.39. The standard InChI is InChI=1S/C28H31N4O6.Ru/c1-10-11(2)16-8-20-23(26(33)34)13(4)18(30-20)7-19-14(5)25(28(37)38)22(32-19)9-21-24(27(35)36)12(3)17(31-21)6-15(10)29-16;/h6-11,14,25,27-28,35-38H,1-5H3,(H2-,29,30,31,32,33,34);/q-1;+2/p-1. The smallest absolute Gasteiger partial charge is 0.657 e. The predicted molar refractivity (Wildman–Crippen MR) is 139 cm³/mol. The van der Waals surface area contributed by atoms with E-state index in [1.807, 2.05) is 13.8 Å². The summed E-state index contributed by atoms with van der Waals surface area (Å²) in [6.45, 7) is 9.24. The zero-order valence-electron chi connectivity index (χ0n) is 22.1. The van der Waals surface area contributed by atoms with Crippen LogP contribution in [0.1, 0.15) is 101 Å². The molecule has 4 atom stereocenters. The first-order valence-electron chi connectivity index (χ1n) is 12.5. The van der Waals surface area contributed by atoms with E-state index in [1.165, 1.54) is 0 Å². The Morgan fingerprint density at radius 3 is 1.74 bits per heavy atom. The van der Waals surface area contributed by atoms with Crippen LogP contribution in [0, 0.1) is 13.8 Å². The van der Waals surface area contributed by atoms with Crippen molar-refractivity contribution in [2.45, 2.75) is 70.9 Å². The van der Waals surface area contributed by atoms with Crippen molar-refractivity contribution < 1.29 is 49.8 Å². The van der Waals surface area contributed by atoms with Gasteiger partial charge in [0.25, 0.3) is 0 Å². The summed E-state index contributed by atoms with van der Waals surface area (Å²) >= 11 is 0. The second-order valence-corrected chi connectivity index (χ2v) is 10.3. The van der Waals surface area contributed by atoms with Crippen LogP contribution in [0.2, 0.25) is 0 Å². The molecule has 10 nitrogen and oxygen atoms in total. The molecule has 0 amide bonds. The quantitative estimate of drug-likeness (QED) is 0.217. The second-order valence-electron chi connectivity index (χ2n) is 10.3. The zero-order chi connectivity index (χ0) is 27.6. The number of aryl methyl sites for hydroxylation is 2. The van der Waals surface area contributed by atoms with Gasteiger partial charge in [-0.15, -0.1) is 22.1 Å². The van der Waals surface area contributed by atoms with Gasteiger partial charge in [0.15, 0.2) is 12.6 Å². The van der Waals surface area contributed by atoms with E-state index >= 15 is 0 Å². The summed E-state index contributed by atoms with van der Waals surface area (Å²) < 4.78 is 0. The first-order chi connectivity index (χ1) is 17.9. The number of aliphatic hydroxyl groups excluding tert-OH is 2. The van der Waals surface area contributed by atoms with Crippen molar-refractivity contribution in [1.29, 1.82) is 0 Å². The molecule has 0 radical (unpaired) electrons. The number of hydrogen-bond acceptors (Lipinski definition) is 7. The molecule has 5 N–H and O–H groups in total. The Bertz CT molecular complexity index is 1610. The molecule has 0 aliphatic carbocycles. The number of carbonyl (C=O) groups is 1. The largest absolute Gasteiger partial charge is 2.00 e. The Labute approximate surface area is 237 Å². The molecule has 8 bridgehead atoms. The van der Waals surface area contributed by atoms with Crippen LogP contribution in [0.25, 0.3) is 22.1 Å². The Hall–Kier alpha value is -2.95. The van der Waals surface area contributed by atoms with Crippen molar-refractivity contribution in [2.24, 2.45) is 0 Å². The minimum atomic E-state index is -1.80. The van der Waals surface area contributed by atoms with Gasteiger partial charge >= 0.3 is 25.4 Å². The number of aliphatic hydroxyl groups is 4. The molecule has 39 heavy (non-hydrogen) atoms. The average molecular weight is 620 g/mol. The maximum atomic E-state index is 12.2. The molecule has 0 spiro atoms. The van der Waals surface area contributed by atoms with Crippen LogP contribution in [0.3, 0.4) is 0 Å². The van der Waals surface area contributed by atoms with Crippen molar-refractivity contribution in [1.82, 2.24) is 19.9 Å². The number of nitrogens with zero attached hydrogens (tertiary/aromatic N) is 4. The number of carboxylic acid groups (broad SMARTS) is 1. The Morgan fingerprint density at radius 2 is 1.21 bits per heavy atom. The molecule has 0 aromatic carbocycles. The van der Waals surface area contributed by atoms with Gasteiger partial charge in [0.1, 0.15) is 0 Å². The van der Waals surface area contributed by atoms with Crippen LogP contribution in [0.15, 0.2) is 24.3 Å². The summed E-state index contributed by atoms with van der Waals surface area (Å²) in [7, 11) is 0. The van der Waals surface area contributed by atoms with Gasteiger partial charge in [-0.25, -0.2) is 4.79 Å². The Kier molecular flexibility index (Phi) is 7.86. The van der Waals surface area contributed by atoms with Gasteiger partial charge in [0.2, 0.25) is 0 Å². The molecule has 4 unspecified atom stereocenters. The number of aromatic carboxylic acids is 1. The van der Waals surface area contributed by atoms with E-state index in [-0.39, 0.29) is 48.0 Å². The van der Waals surface area contributed by atoms with Crippen molar-refractivity contribution in [3.63, 3.8) is 0 Å². The van der Waals surface area contributed by atoms with E-state index in [4.69, 9.17) is 4.98 Å². The Balaban J connectivity index is 0.00000353. The Morgan fingerprint density at radius 1 is 0.744 bits per heavy atom. The summed E-state index contributed by atoms with van der Waals surface area (Å²) in [5.41, 5.74) is 5.01. The van der Waals surface area contributed by atoms with Gasteiger partial charge in [-0.1, -0.05) is 56.2 Å². The fourth-order valence-electron chi connectivity index (χ4n) is 5.51. The molecule has 2 aliphatic rings. The van der Waals surface area contributed by atoms with Gasteiger partial charge in [-0.2, -0.15) is 0 Å². The molecular formula is C28H30N4O6Ru. The van der Waals surface area contributed by atoms with E-state index in [1.54, 1.807) is 45.0 Å². The number of hydrogen-bond donors (Lipinski definition) is 5. The first-order valence-corrected chi connectivity index (χ1v) is 12.5. The monoisotopic (exact) mass is 620 g/mol. The summed E-state index contributed by atoms with van der Waals surface area (Å²) in [6.07, 6.45) is -3.54. The molecule has 11 heteroatoms. The average Bonchev–Trinajstić information content (AvgIpc) is 3.48. The fourth-order valence-corrected chi connectivity index (χ4v) is 5.51. The third kappa shape index (κ3) is 4.83. The predicted octanol–water partition coefficient (Wildman–Crippen LogP) is 2.97. The van der Waals surface area contributed by atoms with Gasteiger partial charge < -0.3 is 35.5 Å². The van der Waals surface area contributed by atoms with Crippen molar-refractivity contribution >= 4 is 28.0 Å². The van der Waals surface area contributed by atoms with Crippen molar-refractivity contribution in [3.8, 4) is 0 Å². The number of carboxylic acids is 1. The molecular weight excluding hydrogens is 589 g/mol. The van der Waals surface area contributed by atoms with Crippen LogP contribution in [0.5, 0.6) is 0 Å². The van der Waals surface area contributed by atoms with Gasteiger partial charge in [-0.05, 0) is 19.4 Å². The van der Waals surface area contributed by atoms with Crippen LogP contribution in [-0.4, -0.2) is 47.8 Å². The van der Waals surface area contributed by atoms with E-state index in [9.17, 15) is 30.3 Å². The van der Waals surface area contributed by atoms with E-state index in [0.29, 0.717) is 44.8 Å². The summed E-state index contributed by atoms with van der Waals surface area (Å²) in [5, 5.41) is 50.7. The second kappa shape index (κ2) is 10.6. The van der Waals surface area contributed by atoms with E-state index < -0.39 is 30.4 Å². The van der Waals surface area contributed by atoms with Gasteiger partial charge in [-0.3, -0.25) is 9.97 Å². The molecule has 5 heterocycles. The molecule has 3 aromatic rings. The van der Waals surface area contributed by atoms with E-state index in [2.05, 4.69) is 15.0 Å². The third-order valence-electron chi connectivity index (χ3n) is 8.04. The van der Waals surface area contributed by atoms with Crippen LogP contribution in [0.4, 0.5) is 0 Å². The van der Waals surface area contributed by atoms with Crippen molar-refractivity contribution in [3.05, 3.63) is 69.3 Å². The van der Waals surface area contributed by atoms with E-state index in [0.717, 1.165) is 5.69 Å². The number of fused-ring (bicyclic) bond motifs is 8. The molecule has 0 fully saturated rings. The summed E-state index contributed by atoms with van der Waals surface area (Å²) in [4.78, 5) is 30.9. The maximum Gasteiger partial charge on any atom is 2.00 e. The molecule has 206 valence electrons. The number of aromatic nitrogens is 4. The maximum absolute atomic E-state index is 12.2.